The van der Waals surface area contributed by atoms with Crippen LogP contribution in [0.4, 0.5) is 5.82 Å². The van der Waals surface area contributed by atoms with Crippen molar-refractivity contribution in [3.8, 4) is 0 Å². The average molecular weight is 370 g/mol. The Labute approximate surface area is 160 Å². The second kappa shape index (κ2) is 7.04. The predicted octanol–water partition coefficient (Wildman–Crippen LogP) is 3.01. The molecule has 4 bridgehead atoms. The van der Waals surface area contributed by atoms with Crippen LogP contribution in [-0.4, -0.2) is 41.9 Å². The molecule has 6 heteroatoms. The highest BCUT2D eigenvalue weighted by molar-refractivity contribution is 5.92. The van der Waals surface area contributed by atoms with Crippen molar-refractivity contribution < 1.29 is 9.53 Å². The molecule has 146 valence electrons. The highest BCUT2D eigenvalue weighted by atomic mass is 16.5. The van der Waals surface area contributed by atoms with Gasteiger partial charge < -0.3 is 15.4 Å². The van der Waals surface area contributed by atoms with Crippen molar-refractivity contribution in [1.29, 1.82) is 0 Å². The first kappa shape index (κ1) is 17.4. The number of ether oxygens (including phenoxy) is 1. The van der Waals surface area contributed by atoms with Crippen molar-refractivity contribution in [1.82, 2.24) is 15.5 Å². The minimum Gasteiger partial charge on any atom is -0.381 e. The largest absolute Gasteiger partial charge is 0.381 e. The van der Waals surface area contributed by atoms with Gasteiger partial charge in [-0.25, -0.2) is 0 Å². The van der Waals surface area contributed by atoms with E-state index in [1.54, 1.807) is 6.07 Å². The molecule has 1 aromatic rings. The van der Waals surface area contributed by atoms with Gasteiger partial charge in [0.25, 0.3) is 5.91 Å². The summed E-state index contributed by atoms with van der Waals surface area (Å²) in [6, 6.07) is 3.86. The molecule has 1 aromatic heterocycles. The third-order valence-electron chi connectivity index (χ3n) is 7.26. The Morgan fingerprint density at radius 1 is 1.04 bits per heavy atom. The van der Waals surface area contributed by atoms with Gasteiger partial charge in [0.2, 0.25) is 0 Å². The number of anilines is 1. The molecular formula is C21H30N4O2. The molecule has 1 aliphatic heterocycles. The average Bonchev–Trinajstić information content (AvgIpc) is 2.67. The fourth-order valence-electron chi connectivity index (χ4n) is 6.43. The predicted molar refractivity (Wildman–Crippen MR) is 102 cm³/mol. The SMILES string of the molecule is O=C(NC1CCOCC1)c1ccc(NCC23CC4CC(CC(C4)C2)C3)nn1. The zero-order valence-corrected chi connectivity index (χ0v) is 16.0. The zero-order chi connectivity index (χ0) is 18.3. The van der Waals surface area contributed by atoms with Crippen LogP contribution in [0.1, 0.15) is 61.9 Å². The highest BCUT2D eigenvalue weighted by Crippen LogP contribution is 2.59. The van der Waals surface area contributed by atoms with Gasteiger partial charge in [-0.05, 0) is 86.7 Å². The normalized spacial score (nSPS) is 35.2. The van der Waals surface area contributed by atoms with Gasteiger partial charge in [-0.1, -0.05) is 0 Å². The number of hydrogen-bond donors (Lipinski definition) is 2. The van der Waals surface area contributed by atoms with Gasteiger partial charge in [0.05, 0.1) is 0 Å². The van der Waals surface area contributed by atoms with Gasteiger partial charge >= 0.3 is 0 Å². The Kier molecular flexibility index (Phi) is 4.54. The van der Waals surface area contributed by atoms with Crippen molar-refractivity contribution in [2.75, 3.05) is 25.1 Å². The third kappa shape index (κ3) is 3.68. The number of nitrogens with zero attached hydrogens (tertiary/aromatic N) is 2. The second-order valence-electron chi connectivity index (χ2n) is 9.44. The molecular weight excluding hydrogens is 340 g/mol. The van der Waals surface area contributed by atoms with E-state index in [-0.39, 0.29) is 11.9 Å². The Morgan fingerprint density at radius 2 is 1.70 bits per heavy atom. The monoisotopic (exact) mass is 370 g/mol. The van der Waals surface area contributed by atoms with Crippen molar-refractivity contribution in [2.24, 2.45) is 23.2 Å². The second-order valence-corrected chi connectivity index (χ2v) is 9.44. The molecule has 2 heterocycles. The lowest BCUT2D eigenvalue weighted by Gasteiger charge is -2.57. The summed E-state index contributed by atoms with van der Waals surface area (Å²) in [5.74, 6) is 3.52. The van der Waals surface area contributed by atoms with Crippen molar-refractivity contribution in [3.05, 3.63) is 17.8 Å². The van der Waals surface area contributed by atoms with Crippen LogP contribution in [0.3, 0.4) is 0 Å². The van der Waals surface area contributed by atoms with Crippen molar-refractivity contribution >= 4 is 11.7 Å². The maximum absolute atomic E-state index is 12.3. The van der Waals surface area contributed by atoms with E-state index in [2.05, 4.69) is 20.8 Å². The number of aromatic nitrogens is 2. The molecule has 0 unspecified atom stereocenters. The van der Waals surface area contributed by atoms with Gasteiger partial charge in [0.15, 0.2) is 5.69 Å². The summed E-state index contributed by atoms with van der Waals surface area (Å²) in [5.41, 5.74) is 0.858. The van der Waals surface area contributed by atoms with Crippen LogP contribution in [0.5, 0.6) is 0 Å². The highest BCUT2D eigenvalue weighted by Gasteiger charge is 2.50. The fourth-order valence-corrected chi connectivity index (χ4v) is 6.43. The zero-order valence-electron chi connectivity index (χ0n) is 16.0. The molecule has 1 amide bonds. The van der Waals surface area contributed by atoms with Gasteiger partial charge in [-0.3, -0.25) is 4.79 Å². The molecule has 5 aliphatic rings. The molecule has 0 spiro atoms. The molecule has 0 radical (unpaired) electrons. The molecule has 1 saturated heterocycles. The maximum Gasteiger partial charge on any atom is 0.272 e. The summed E-state index contributed by atoms with van der Waals surface area (Å²) in [4.78, 5) is 12.3. The number of nitrogens with one attached hydrogen (secondary N) is 2. The van der Waals surface area contributed by atoms with Gasteiger partial charge in [0, 0.05) is 25.8 Å². The van der Waals surface area contributed by atoms with Crippen molar-refractivity contribution in [2.45, 2.75) is 57.4 Å². The van der Waals surface area contributed by atoms with Gasteiger partial charge in [0.1, 0.15) is 5.82 Å². The Morgan fingerprint density at radius 3 is 2.30 bits per heavy atom. The fraction of sp³-hybridized carbons (Fsp3) is 0.762. The topological polar surface area (TPSA) is 76.1 Å². The standard InChI is InChI=1S/C21H30N4O2/c26-20(23-17-3-5-27-6-4-17)18-1-2-19(25-24-18)22-13-21-10-14-7-15(11-21)9-16(8-14)12-21/h1-2,14-17H,3-13H2,(H,22,25)(H,23,26). The smallest absolute Gasteiger partial charge is 0.272 e. The van der Waals surface area contributed by atoms with Gasteiger partial charge in [-0.15, -0.1) is 10.2 Å². The lowest BCUT2D eigenvalue weighted by Crippen LogP contribution is -2.49. The maximum atomic E-state index is 12.3. The van der Waals surface area contributed by atoms with E-state index >= 15 is 0 Å². The van der Waals surface area contributed by atoms with Crippen LogP contribution in [0.2, 0.25) is 0 Å². The van der Waals surface area contributed by atoms with E-state index in [1.807, 2.05) is 6.07 Å². The third-order valence-corrected chi connectivity index (χ3v) is 7.26. The summed E-state index contributed by atoms with van der Waals surface area (Å²) in [6.07, 6.45) is 10.3. The Bertz CT molecular complexity index is 649. The van der Waals surface area contributed by atoms with Crippen LogP contribution >= 0.6 is 0 Å². The van der Waals surface area contributed by atoms with Crippen LogP contribution < -0.4 is 10.6 Å². The molecule has 0 atom stereocenters. The lowest BCUT2D eigenvalue weighted by molar-refractivity contribution is -0.0444. The quantitative estimate of drug-likeness (QED) is 0.833. The Hall–Kier alpha value is -1.69. The number of amides is 1. The van der Waals surface area contributed by atoms with Crippen LogP contribution in [0, 0.1) is 23.2 Å². The van der Waals surface area contributed by atoms with E-state index < -0.39 is 0 Å². The summed E-state index contributed by atoms with van der Waals surface area (Å²) < 4.78 is 5.33. The molecule has 2 N–H and O–H groups in total. The molecule has 6 nitrogen and oxygen atoms in total. The van der Waals surface area contributed by atoms with E-state index in [0.717, 1.165) is 43.0 Å². The summed E-state index contributed by atoms with van der Waals surface area (Å²) in [5, 5.41) is 15.0. The lowest BCUT2D eigenvalue weighted by atomic mass is 9.49. The summed E-state index contributed by atoms with van der Waals surface area (Å²) >= 11 is 0. The molecule has 4 saturated carbocycles. The minimum atomic E-state index is -0.137. The summed E-state index contributed by atoms with van der Waals surface area (Å²) in [7, 11) is 0. The molecule has 27 heavy (non-hydrogen) atoms. The van der Waals surface area contributed by atoms with E-state index in [9.17, 15) is 4.79 Å². The van der Waals surface area contributed by atoms with E-state index in [0.29, 0.717) is 24.3 Å². The van der Waals surface area contributed by atoms with Crippen molar-refractivity contribution in [3.63, 3.8) is 0 Å². The number of carbonyl (C=O) groups excluding carboxylic acids is 1. The number of carbonyl (C=O) groups is 1. The molecule has 0 aromatic carbocycles. The minimum absolute atomic E-state index is 0.137. The van der Waals surface area contributed by atoms with E-state index in [4.69, 9.17) is 4.74 Å². The first-order chi connectivity index (χ1) is 13.2. The van der Waals surface area contributed by atoms with Crippen LogP contribution in [0.25, 0.3) is 0 Å². The Balaban J connectivity index is 1.17. The molecule has 5 fully saturated rings. The van der Waals surface area contributed by atoms with Crippen LogP contribution in [0.15, 0.2) is 12.1 Å². The van der Waals surface area contributed by atoms with E-state index in [1.165, 1.54) is 38.5 Å². The van der Waals surface area contributed by atoms with Crippen LogP contribution in [-0.2, 0) is 4.74 Å². The first-order valence-corrected chi connectivity index (χ1v) is 10.6. The summed E-state index contributed by atoms with van der Waals surface area (Å²) in [6.45, 7) is 2.42. The van der Waals surface area contributed by atoms with Gasteiger partial charge in [-0.2, -0.15) is 0 Å². The number of hydrogen-bond acceptors (Lipinski definition) is 5. The molecule has 4 aliphatic carbocycles. The molecule has 6 rings (SSSR count). The number of rotatable bonds is 5. The first-order valence-electron chi connectivity index (χ1n) is 10.6.